The van der Waals surface area contributed by atoms with Gasteiger partial charge in [-0.1, -0.05) is 65.0 Å². The van der Waals surface area contributed by atoms with Crippen LogP contribution in [0.1, 0.15) is 64.9 Å². The lowest BCUT2D eigenvalue weighted by atomic mass is 10.1. The first kappa shape index (κ1) is 21.7. The Hall–Kier alpha value is -1.26. The number of hydrogen-bond donors (Lipinski definition) is 0. The van der Waals surface area contributed by atoms with Crippen molar-refractivity contribution >= 4 is 0 Å². The molecule has 1 aromatic rings. The Labute approximate surface area is 137 Å². The third kappa shape index (κ3) is 10.2. The van der Waals surface area contributed by atoms with Gasteiger partial charge in [-0.2, -0.15) is 17.6 Å². The zero-order valence-electron chi connectivity index (χ0n) is 14.3. The lowest BCUT2D eigenvalue weighted by molar-refractivity contribution is -0.253. The molecule has 5 heteroatoms. The Bertz CT molecular complexity index is 389. The summed E-state index contributed by atoms with van der Waals surface area (Å²) in [7, 11) is 0. The van der Waals surface area contributed by atoms with E-state index in [2.05, 4.69) is 25.5 Å². The van der Waals surface area contributed by atoms with Crippen LogP contribution in [0.25, 0.3) is 0 Å². The van der Waals surface area contributed by atoms with E-state index in [4.69, 9.17) is 0 Å². The van der Waals surface area contributed by atoms with E-state index < -0.39 is 12.5 Å². The predicted molar refractivity (Wildman–Crippen MR) is 86.4 cm³/mol. The predicted octanol–water partition coefficient (Wildman–Crippen LogP) is 6.85. The number of benzene rings is 1. The molecule has 1 aromatic carbocycles. The molecule has 0 fully saturated rings. The number of unbranched alkanes of at least 4 members (excludes halogenated alkanes) is 4. The SMILES string of the molecule is CCCC.CCCCCCc1ccc(OC(F)(F)C(F)F)cc1. The van der Waals surface area contributed by atoms with Crippen LogP contribution < -0.4 is 4.74 Å². The van der Waals surface area contributed by atoms with Crippen molar-refractivity contribution < 1.29 is 22.3 Å². The second kappa shape index (κ2) is 12.2. The van der Waals surface area contributed by atoms with E-state index in [9.17, 15) is 17.6 Å². The second-order valence-electron chi connectivity index (χ2n) is 5.42. The Morgan fingerprint density at radius 1 is 0.870 bits per heavy atom. The molecule has 0 radical (unpaired) electrons. The molecular weight excluding hydrogens is 308 g/mol. The average Bonchev–Trinajstić information content (AvgIpc) is 2.53. The van der Waals surface area contributed by atoms with Crippen molar-refractivity contribution in [2.75, 3.05) is 0 Å². The fraction of sp³-hybridized carbons (Fsp3) is 0.667. The molecule has 0 aliphatic carbocycles. The normalized spacial score (nSPS) is 11.1. The highest BCUT2D eigenvalue weighted by Crippen LogP contribution is 2.27. The van der Waals surface area contributed by atoms with Crippen LogP contribution in [0.5, 0.6) is 5.75 Å². The molecule has 0 aliphatic heterocycles. The molecule has 1 nitrogen and oxygen atoms in total. The molecule has 0 atom stereocenters. The van der Waals surface area contributed by atoms with Gasteiger partial charge in [-0.25, -0.2) is 0 Å². The molecule has 0 aliphatic rings. The summed E-state index contributed by atoms with van der Waals surface area (Å²) in [6.45, 7) is 6.48. The first-order valence-electron chi connectivity index (χ1n) is 8.31. The van der Waals surface area contributed by atoms with Crippen LogP contribution in [-0.2, 0) is 6.42 Å². The summed E-state index contributed by atoms with van der Waals surface area (Å²) in [4.78, 5) is 0. The molecule has 0 spiro atoms. The zero-order chi connectivity index (χ0) is 17.7. The molecule has 0 unspecified atom stereocenters. The molecule has 23 heavy (non-hydrogen) atoms. The Balaban J connectivity index is 0.00000108. The maximum absolute atomic E-state index is 12.6. The smallest absolute Gasteiger partial charge is 0.428 e. The van der Waals surface area contributed by atoms with Crippen LogP contribution >= 0.6 is 0 Å². The van der Waals surface area contributed by atoms with Crippen LogP contribution in [0.3, 0.4) is 0 Å². The topological polar surface area (TPSA) is 9.23 Å². The first-order valence-corrected chi connectivity index (χ1v) is 8.31. The van der Waals surface area contributed by atoms with E-state index >= 15 is 0 Å². The monoisotopic (exact) mass is 336 g/mol. The van der Waals surface area contributed by atoms with Gasteiger partial charge in [0.05, 0.1) is 0 Å². The van der Waals surface area contributed by atoms with Gasteiger partial charge < -0.3 is 4.74 Å². The van der Waals surface area contributed by atoms with Crippen molar-refractivity contribution in [3.63, 3.8) is 0 Å². The van der Waals surface area contributed by atoms with E-state index in [1.807, 2.05) is 0 Å². The van der Waals surface area contributed by atoms with E-state index in [0.29, 0.717) is 0 Å². The van der Waals surface area contributed by atoms with Crippen LogP contribution in [0.2, 0.25) is 0 Å². The standard InChI is InChI=1S/C14H18F4O.C4H10/c1-2-3-4-5-6-11-7-9-12(10-8-11)19-14(17,18)13(15)16;1-3-4-2/h7-10,13H,2-6H2,1H3;3-4H2,1-2H3. The van der Waals surface area contributed by atoms with E-state index in [0.717, 1.165) is 31.2 Å². The van der Waals surface area contributed by atoms with Crippen molar-refractivity contribution in [3.05, 3.63) is 29.8 Å². The van der Waals surface area contributed by atoms with Crippen LogP contribution in [0.15, 0.2) is 24.3 Å². The van der Waals surface area contributed by atoms with Gasteiger partial charge in [0.1, 0.15) is 5.75 Å². The van der Waals surface area contributed by atoms with Gasteiger partial charge in [0.15, 0.2) is 0 Å². The van der Waals surface area contributed by atoms with Gasteiger partial charge in [-0.15, -0.1) is 0 Å². The Kier molecular flexibility index (Phi) is 11.5. The first-order chi connectivity index (χ1) is 10.9. The summed E-state index contributed by atoms with van der Waals surface area (Å²) in [5.41, 5.74) is 0.990. The molecule has 0 aromatic heterocycles. The lowest BCUT2D eigenvalue weighted by Crippen LogP contribution is -2.33. The molecule has 0 bridgehead atoms. The minimum Gasteiger partial charge on any atom is -0.428 e. The number of halogens is 4. The average molecular weight is 336 g/mol. The van der Waals surface area contributed by atoms with Gasteiger partial charge in [-0.05, 0) is 30.5 Å². The minimum atomic E-state index is -4.44. The van der Waals surface area contributed by atoms with Gasteiger partial charge in [-0.3, -0.25) is 0 Å². The quantitative estimate of drug-likeness (QED) is 0.354. The summed E-state index contributed by atoms with van der Waals surface area (Å²) in [6.07, 6.45) is -0.313. The van der Waals surface area contributed by atoms with Crippen LogP contribution in [0, 0.1) is 0 Å². The number of rotatable bonds is 9. The molecule has 0 heterocycles. The highest BCUT2D eigenvalue weighted by atomic mass is 19.3. The maximum Gasteiger partial charge on any atom is 0.461 e. The summed E-state index contributed by atoms with van der Waals surface area (Å²) in [5.74, 6) is -0.248. The number of ether oxygens (including phenoxy) is 1. The molecule has 0 saturated heterocycles. The van der Waals surface area contributed by atoms with Crippen LogP contribution in [-0.4, -0.2) is 12.5 Å². The Morgan fingerprint density at radius 3 is 1.87 bits per heavy atom. The second-order valence-corrected chi connectivity index (χ2v) is 5.42. The van der Waals surface area contributed by atoms with E-state index in [-0.39, 0.29) is 5.75 Å². The Morgan fingerprint density at radius 2 is 1.43 bits per heavy atom. The van der Waals surface area contributed by atoms with Crippen molar-refractivity contribution in [1.29, 1.82) is 0 Å². The fourth-order valence-corrected chi connectivity index (χ4v) is 1.68. The van der Waals surface area contributed by atoms with Gasteiger partial charge in [0.25, 0.3) is 0 Å². The van der Waals surface area contributed by atoms with Gasteiger partial charge in [0, 0.05) is 0 Å². The molecule has 0 saturated carbocycles. The largest absolute Gasteiger partial charge is 0.461 e. The van der Waals surface area contributed by atoms with E-state index in [1.165, 1.54) is 31.4 Å². The van der Waals surface area contributed by atoms with Crippen molar-refractivity contribution in [2.45, 2.75) is 78.3 Å². The van der Waals surface area contributed by atoms with Gasteiger partial charge >= 0.3 is 12.5 Å². The number of hydrogen-bond acceptors (Lipinski definition) is 1. The molecule has 134 valence electrons. The fourth-order valence-electron chi connectivity index (χ4n) is 1.68. The van der Waals surface area contributed by atoms with Crippen molar-refractivity contribution in [2.24, 2.45) is 0 Å². The van der Waals surface area contributed by atoms with Gasteiger partial charge in [0.2, 0.25) is 0 Å². The molecule has 0 amide bonds. The summed E-state index contributed by atoms with van der Waals surface area (Å²) in [6, 6.07) is 5.85. The van der Waals surface area contributed by atoms with Crippen molar-refractivity contribution in [1.82, 2.24) is 0 Å². The highest BCUT2D eigenvalue weighted by Gasteiger charge is 2.43. The van der Waals surface area contributed by atoms with Crippen molar-refractivity contribution in [3.8, 4) is 5.75 Å². The lowest BCUT2D eigenvalue weighted by Gasteiger charge is -2.16. The summed E-state index contributed by atoms with van der Waals surface area (Å²) in [5, 5.41) is 0. The summed E-state index contributed by atoms with van der Waals surface area (Å²) >= 11 is 0. The minimum absolute atomic E-state index is 0.248. The van der Waals surface area contributed by atoms with E-state index in [1.54, 1.807) is 12.1 Å². The third-order valence-electron chi connectivity index (χ3n) is 3.25. The molecule has 0 N–H and O–H groups in total. The highest BCUT2D eigenvalue weighted by molar-refractivity contribution is 5.27. The zero-order valence-corrected chi connectivity index (χ0v) is 14.3. The third-order valence-corrected chi connectivity index (χ3v) is 3.25. The number of aryl methyl sites for hydroxylation is 1. The number of alkyl halides is 4. The molecular formula is C18H28F4O. The van der Waals surface area contributed by atoms with Crippen LogP contribution in [0.4, 0.5) is 17.6 Å². The molecule has 1 rings (SSSR count). The summed E-state index contributed by atoms with van der Waals surface area (Å²) < 4.78 is 53.2. The maximum atomic E-state index is 12.6.